The van der Waals surface area contributed by atoms with Gasteiger partial charge in [0.05, 0.1) is 42.2 Å². The summed E-state index contributed by atoms with van der Waals surface area (Å²) in [6.07, 6.45) is 11.8. The topological polar surface area (TPSA) is 124 Å². The summed E-state index contributed by atoms with van der Waals surface area (Å²) >= 11 is 0. The lowest BCUT2D eigenvalue weighted by atomic mass is 9.78. The van der Waals surface area contributed by atoms with E-state index in [0.29, 0.717) is 65.2 Å². The molecule has 3 aromatic rings. The maximum Gasteiger partial charge on any atom is 0.318 e. The number of aromatic hydroxyl groups is 1. The molecule has 61 heavy (non-hydrogen) atoms. The second-order valence-electron chi connectivity index (χ2n) is 18.4. The molecule has 5 heterocycles. The summed E-state index contributed by atoms with van der Waals surface area (Å²) in [4.78, 5) is 31.1. The highest BCUT2D eigenvalue weighted by molar-refractivity contribution is 5.93. The fourth-order valence-corrected chi connectivity index (χ4v) is 11.0. The van der Waals surface area contributed by atoms with Crippen LogP contribution in [-0.2, 0) is 16.0 Å². The average molecular weight is 843 g/mol. The number of aliphatic hydroxyl groups is 1. The average Bonchev–Trinajstić information content (AvgIpc) is 3.86. The van der Waals surface area contributed by atoms with Gasteiger partial charge in [-0.1, -0.05) is 18.6 Å². The van der Waals surface area contributed by atoms with Crippen molar-refractivity contribution in [2.24, 2.45) is 0 Å². The predicted octanol–water partition coefficient (Wildman–Crippen LogP) is 5.75. The van der Waals surface area contributed by atoms with Gasteiger partial charge >= 0.3 is 6.01 Å². The van der Waals surface area contributed by atoms with Gasteiger partial charge in [0.15, 0.2) is 11.6 Å². The normalized spacial score (nSPS) is 28.6. The number of hydrogen-bond donors (Lipinski definition) is 2. The van der Waals surface area contributed by atoms with Crippen LogP contribution in [0.4, 0.5) is 14.6 Å². The zero-order valence-electron chi connectivity index (χ0n) is 35.9. The Morgan fingerprint density at radius 1 is 1.16 bits per heavy atom. The maximum atomic E-state index is 15.9. The maximum absolute atomic E-state index is 15.9. The van der Waals surface area contributed by atoms with Gasteiger partial charge < -0.3 is 34.2 Å². The summed E-state index contributed by atoms with van der Waals surface area (Å²) in [5, 5.41) is 23.9. The molecule has 3 saturated heterocycles. The number of hydrogen-bond acceptors (Lipinski definition) is 11. The Balaban J connectivity index is 1.11. The molecule has 1 aromatic heterocycles. The molecule has 0 unspecified atom stereocenters. The molecule has 0 spiro atoms. The highest BCUT2D eigenvalue weighted by Crippen LogP contribution is 2.46. The van der Waals surface area contributed by atoms with Gasteiger partial charge in [0.25, 0.3) is 0 Å². The molecule has 1 amide bonds. The third-order valence-electron chi connectivity index (χ3n) is 14.2. The van der Waals surface area contributed by atoms with E-state index in [4.69, 9.17) is 30.6 Å². The summed E-state index contributed by atoms with van der Waals surface area (Å²) < 4.78 is 49.8. The van der Waals surface area contributed by atoms with E-state index < -0.39 is 23.1 Å². The Morgan fingerprint density at radius 3 is 2.66 bits per heavy atom. The van der Waals surface area contributed by atoms with Crippen molar-refractivity contribution in [1.82, 2.24) is 24.7 Å². The van der Waals surface area contributed by atoms with E-state index in [0.717, 1.165) is 58.3 Å². The first-order valence-electron chi connectivity index (χ1n) is 21.9. The van der Waals surface area contributed by atoms with E-state index in [1.54, 1.807) is 32.0 Å². The number of rotatable bonds is 11. The molecular formula is C47H60F2N6O6. The summed E-state index contributed by atoms with van der Waals surface area (Å²) in [6.45, 7) is 13.2. The number of likely N-dealkylation sites (N-methyl/N-ethyl adjacent to an activating group) is 1. The predicted molar refractivity (Wildman–Crippen MR) is 229 cm³/mol. The number of halogens is 2. The van der Waals surface area contributed by atoms with Crippen molar-refractivity contribution >= 4 is 22.5 Å². The lowest BCUT2D eigenvalue weighted by molar-refractivity contribution is -0.126. The number of benzene rings is 2. The van der Waals surface area contributed by atoms with Gasteiger partial charge in [-0.25, -0.2) is 8.78 Å². The minimum Gasteiger partial charge on any atom is -0.508 e. The first-order valence-corrected chi connectivity index (χ1v) is 21.9. The number of likely N-dealkylation sites (tertiary alicyclic amines) is 2. The molecule has 4 fully saturated rings. The van der Waals surface area contributed by atoms with Crippen molar-refractivity contribution in [3.63, 3.8) is 0 Å². The smallest absolute Gasteiger partial charge is 0.318 e. The van der Waals surface area contributed by atoms with E-state index in [2.05, 4.69) is 29.2 Å². The van der Waals surface area contributed by atoms with Crippen molar-refractivity contribution in [2.45, 2.75) is 120 Å². The summed E-state index contributed by atoms with van der Waals surface area (Å²) in [7, 11) is 1.89. The third kappa shape index (κ3) is 8.26. The number of morpholine rings is 1. The molecule has 14 heteroatoms. The lowest BCUT2D eigenvalue weighted by Gasteiger charge is -2.51. The van der Waals surface area contributed by atoms with Crippen LogP contribution in [0.25, 0.3) is 10.8 Å². The number of fused-ring (bicyclic) bond motifs is 2. The second-order valence-corrected chi connectivity index (χ2v) is 18.4. The van der Waals surface area contributed by atoms with Gasteiger partial charge in [0.2, 0.25) is 5.91 Å². The summed E-state index contributed by atoms with van der Waals surface area (Å²) in [5.41, 5.74) is -1.16. The van der Waals surface area contributed by atoms with Crippen LogP contribution in [0.5, 0.6) is 17.5 Å². The lowest BCUT2D eigenvalue weighted by Crippen LogP contribution is -2.65. The minimum absolute atomic E-state index is 0.0125. The molecule has 328 valence electrons. The second kappa shape index (κ2) is 17.3. The van der Waals surface area contributed by atoms with E-state index in [1.807, 2.05) is 16.8 Å². The monoisotopic (exact) mass is 842 g/mol. The fourth-order valence-electron chi connectivity index (χ4n) is 11.0. The van der Waals surface area contributed by atoms with E-state index in [1.165, 1.54) is 12.1 Å². The van der Waals surface area contributed by atoms with Crippen LogP contribution in [0.2, 0.25) is 0 Å². The van der Waals surface area contributed by atoms with Crippen LogP contribution < -0.4 is 14.4 Å². The number of alkyl halides is 1. The molecule has 4 aliphatic heterocycles. The first-order chi connectivity index (χ1) is 29.2. The number of carbonyl (C=O) groups excluding carboxylic acids is 1. The standard InChI is InChI=1S/C47H60F2N6O6/c1-7-37-39(49)16-11-30-20-36(56)22-38(42(30)37)31-21-40-43(60-27-31)44(52(6)25-35-10-9-17-54(35)41(57)8-2)51-45(50-40)61-28-47(46(4,5)58)23-32(48)24-55(47)34-14-12-33(13-15-34)53-18-19-59-26-29(53)3/h1,8,11,16,20,22,29,31-35,56,58H,2,9-10,12-15,17-19,21,23-28H2,3-6H3/t29-,31+,32+,33?,34?,35-,47-/m0/s1. The number of aromatic nitrogens is 2. The van der Waals surface area contributed by atoms with Crippen molar-refractivity contribution in [2.75, 3.05) is 64.6 Å². The highest BCUT2D eigenvalue weighted by atomic mass is 19.1. The molecule has 5 aliphatic rings. The molecule has 12 nitrogen and oxygen atoms in total. The Morgan fingerprint density at radius 2 is 1.93 bits per heavy atom. The largest absolute Gasteiger partial charge is 0.508 e. The van der Waals surface area contributed by atoms with Gasteiger partial charge in [-0.05, 0) is 94.5 Å². The molecule has 0 radical (unpaired) electrons. The van der Waals surface area contributed by atoms with E-state index in [-0.39, 0.29) is 67.4 Å². The number of terminal acetylenes is 1. The molecule has 2 N–H and O–H groups in total. The SMILES string of the molecule is C#Cc1c(F)ccc2cc(O)cc([C@H]3COc4c(nc(OC[C@]5(C(C)(C)O)C[C@@H](F)CN5C5CCC(N6CCOC[C@@H]6C)CC5)nc4N(C)C[C@@H]4CCCN4C(=O)C=C)C3)c12. The number of phenolic OH excluding ortho intramolecular Hbond substituents is 1. The van der Waals surface area contributed by atoms with Crippen molar-refractivity contribution < 1.29 is 38.0 Å². The Labute approximate surface area is 357 Å². The molecule has 5 atom stereocenters. The number of ether oxygens (including phenoxy) is 3. The Kier molecular flexibility index (Phi) is 12.2. The van der Waals surface area contributed by atoms with Crippen LogP contribution in [0.15, 0.2) is 36.9 Å². The molecule has 1 aliphatic carbocycles. The van der Waals surface area contributed by atoms with Gasteiger partial charge in [0, 0.05) is 81.5 Å². The van der Waals surface area contributed by atoms with Crippen molar-refractivity contribution in [3.8, 4) is 29.9 Å². The quantitative estimate of drug-likeness (QED) is 0.181. The number of anilines is 1. The van der Waals surface area contributed by atoms with Gasteiger partial charge in [-0.15, -0.1) is 6.42 Å². The zero-order chi connectivity index (χ0) is 43.2. The first kappa shape index (κ1) is 43.1. The molecule has 2 aromatic carbocycles. The van der Waals surface area contributed by atoms with Gasteiger partial charge in [-0.2, -0.15) is 9.97 Å². The number of phenols is 1. The van der Waals surface area contributed by atoms with E-state index in [9.17, 15) is 15.0 Å². The number of carbonyl (C=O) groups is 1. The molecule has 0 bridgehead atoms. The molecule has 8 rings (SSSR count). The van der Waals surface area contributed by atoms with Gasteiger partial charge in [0.1, 0.15) is 24.3 Å². The number of amides is 1. The Hall–Kier alpha value is -4.55. The van der Waals surface area contributed by atoms with Crippen LogP contribution in [0.3, 0.4) is 0 Å². The molecular weight excluding hydrogens is 783 g/mol. The third-order valence-corrected chi connectivity index (χ3v) is 14.2. The minimum atomic E-state index is -1.35. The van der Waals surface area contributed by atoms with E-state index >= 15 is 8.78 Å². The van der Waals surface area contributed by atoms with Crippen LogP contribution in [0.1, 0.15) is 88.5 Å². The van der Waals surface area contributed by atoms with Crippen molar-refractivity contribution in [3.05, 3.63) is 59.6 Å². The fraction of sp³-hybridized carbons (Fsp3) is 0.596. The zero-order valence-corrected chi connectivity index (χ0v) is 35.9. The number of nitrogens with zero attached hydrogens (tertiary/aromatic N) is 6. The van der Waals surface area contributed by atoms with Gasteiger partial charge in [-0.3, -0.25) is 14.6 Å². The summed E-state index contributed by atoms with van der Waals surface area (Å²) in [5.74, 6) is 2.39. The highest BCUT2D eigenvalue weighted by Gasteiger charge is 2.58. The summed E-state index contributed by atoms with van der Waals surface area (Å²) in [6, 6.07) is 6.87. The van der Waals surface area contributed by atoms with Crippen LogP contribution >= 0.6 is 0 Å². The Bertz CT molecular complexity index is 2170. The van der Waals surface area contributed by atoms with Crippen LogP contribution in [0, 0.1) is 18.2 Å². The van der Waals surface area contributed by atoms with Crippen LogP contribution in [-0.4, -0.2) is 142 Å². The molecule has 1 saturated carbocycles. The van der Waals surface area contributed by atoms with Crippen molar-refractivity contribution in [1.29, 1.82) is 0 Å².